The summed E-state index contributed by atoms with van der Waals surface area (Å²) in [5, 5.41) is 5.32. The summed E-state index contributed by atoms with van der Waals surface area (Å²) in [4.78, 5) is 13.6. The lowest BCUT2D eigenvalue weighted by molar-refractivity contribution is 0.249. The summed E-state index contributed by atoms with van der Waals surface area (Å²) in [5.41, 5.74) is 3.32. The highest BCUT2D eigenvalue weighted by Gasteiger charge is 2.19. The maximum absolute atomic E-state index is 6.10. The summed E-state index contributed by atoms with van der Waals surface area (Å²) < 4.78 is 1.87. The highest BCUT2D eigenvalue weighted by atomic mass is 35.5. The van der Waals surface area contributed by atoms with Crippen LogP contribution in [-0.4, -0.2) is 50.8 Å². The first kappa shape index (κ1) is 17.9. The highest BCUT2D eigenvalue weighted by Crippen LogP contribution is 2.19. The predicted octanol–water partition coefficient (Wildman–Crippen LogP) is 3.25. The van der Waals surface area contributed by atoms with Crippen LogP contribution in [0.15, 0.2) is 42.7 Å². The van der Waals surface area contributed by atoms with Crippen molar-refractivity contribution in [3.8, 4) is 5.82 Å². The van der Waals surface area contributed by atoms with Gasteiger partial charge in [0.2, 0.25) is 0 Å². The van der Waals surface area contributed by atoms with Crippen LogP contribution in [0.2, 0.25) is 5.02 Å². The first-order valence-corrected chi connectivity index (χ1v) is 9.54. The third-order valence-electron chi connectivity index (χ3n) is 4.86. The largest absolute Gasteiger partial charge is 0.354 e. The molecule has 4 rings (SSSR count). The second-order valence-corrected chi connectivity index (χ2v) is 7.40. The molecule has 3 aromatic rings. The van der Waals surface area contributed by atoms with E-state index >= 15 is 0 Å². The third-order valence-corrected chi connectivity index (χ3v) is 5.09. The molecule has 6 nitrogen and oxygen atoms in total. The number of hydrogen-bond donors (Lipinski definition) is 0. The van der Waals surface area contributed by atoms with Crippen LogP contribution in [0.25, 0.3) is 5.82 Å². The van der Waals surface area contributed by atoms with Crippen molar-refractivity contribution in [3.05, 3.63) is 64.7 Å². The van der Waals surface area contributed by atoms with Gasteiger partial charge in [-0.2, -0.15) is 5.10 Å². The summed E-state index contributed by atoms with van der Waals surface area (Å²) in [7, 11) is 0. The van der Waals surface area contributed by atoms with Crippen LogP contribution in [0.3, 0.4) is 0 Å². The summed E-state index contributed by atoms with van der Waals surface area (Å²) in [6.45, 7) is 8.82. The Bertz CT molecular complexity index is 930. The molecular weight excluding hydrogens is 360 g/mol. The molecule has 1 fully saturated rings. The Morgan fingerprint density at radius 2 is 1.74 bits per heavy atom. The van der Waals surface area contributed by atoms with E-state index in [-0.39, 0.29) is 0 Å². The minimum Gasteiger partial charge on any atom is -0.354 e. The average Bonchev–Trinajstić information content (AvgIpc) is 3.01. The molecule has 1 saturated heterocycles. The second kappa shape index (κ2) is 7.66. The predicted molar refractivity (Wildman–Crippen MR) is 108 cm³/mol. The van der Waals surface area contributed by atoms with E-state index < -0.39 is 0 Å². The molecule has 0 atom stereocenters. The van der Waals surface area contributed by atoms with Gasteiger partial charge in [0.1, 0.15) is 12.1 Å². The van der Waals surface area contributed by atoms with Crippen LogP contribution in [0.5, 0.6) is 0 Å². The molecule has 1 aromatic carbocycles. The summed E-state index contributed by atoms with van der Waals surface area (Å²) in [5.74, 6) is 1.77. The van der Waals surface area contributed by atoms with E-state index in [2.05, 4.69) is 37.0 Å². The monoisotopic (exact) mass is 382 g/mol. The SMILES string of the molecule is Cc1cc(C)n(-c2cc(N3CCN(Cc4cccc(Cl)c4)CC3)ncn2)n1. The zero-order chi connectivity index (χ0) is 18.8. The zero-order valence-electron chi connectivity index (χ0n) is 15.6. The molecule has 0 N–H and O–H groups in total. The van der Waals surface area contributed by atoms with Crippen LogP contribution in [0.4, 0.5) is 5.82 Å². The van der Waals surface area contributed by atoms with Gasteiger partial charge >= 0.3 is 0 Å². The van der Waals surface area contributed by atoms with E-state index in [9.17, 15) is 0 Å². The maximum Gasteiger partial charge on any atom is 0.159 e. The van der Waals surface area contributed by atoms with E-state index in [1.165, 1.54) is 5.56 Å². The Morgan fingerprint density at radius 3 is 2.44 bits per heavy atom. The van der Waals surface area contributed by atoms with Gasteiger partial charge in [0.05, 0.1) is 5.69 Å². The fraction of sp³-hybridized carbons (Fsp3) is 0.350. The molecule has 1 aliphatic rings. The number of rotatable bonds is 4. The molecule has 0 bridgehead atoms. The van der Waals surface area contributed by atoms with Crippen molar-refractivity contribution in [2.24, 2.45) is 0 Å². The number of aryl methyl sites for hydroxylation is 2. The number of anilines is 1. The van der Waals surface area contributed by atoms with Gasteiger partial charge in [-0.15, -0.1) is 0 Å². The fourth-order valence-corrected chi connectivity index (χ4v) is 3.73. The Labute approximate surface area is 164 Å². The van der Waals surface area contributed by atoms with Crippen molar-refractivity contribution < 1.29 is 0 Å². The summed E-state index contributed by atoms with van der Waals surface area (Å²) >= 11 is 6.10. The lowest BCUT2D eigenvalue weighted by Crippen LogP contribution is -2.46. The Morgan fingerprint density at radius 1 is 0.963 bits per heavy atom. The molecule has 7 heteroatoms. The Hall–Kier alpha value is -2.44. The quantitative estimate of drug-likeness (QED) is 0.693. The molecule has 2 aromatic heterocycles. The van der Waals surface area contributed by atoms with Crippen molar-refractivity contribution in [2.45, 2.75) is 20.4 Å². The van der Waals surface area contributed by atoms with Gasteiger partial charge in [-0.25, -0.2) is 14.6 Å². The Kier molecular flexibility index (Phi) is 5.09. The number of halogens is 1. The highest BCUT2D eigenvalue weighted by molar-refractivity contribution is 6.30. The smallest absolute Gasteiger partial charge is 0.159 e. The van der Waals surface area contributed by atoms with Gasteiger partial charge in [-0.3, -0.25) is 4.90 Å². The lowest BCUT2D eigenvalue weighted by atomic mass is 10.2. The maximum atomic E-state index is 6.10. The molecular formula is C20H23ClN6. The van der Waals surface area contributed by atoms with Gasteiger partial charge in [0, 0.05) is 49.5 Å². The minimum absolute atomic E-state index is 0.795. The molecule has 0 radical (unpaired) electrons. The van der Waals surface area contributed by atoms with Gasteiger partial charge in [0.15, 0.2) is 5.82 Å². The van der Waals surface area contributed by atoms with Crippen LogP contribution in [0.1, 0.15) is 17.0 Å². The van der Waals surface area contributed by atoms with E-state index in [4.69, 9.17) is 11.6 Å². The van der Waals surface area contributed by atoms with E-state index in [1.54, 1.807) is 6.33 Å². The van der Waals surface area contributed by atoms with Gasteiger partial charge in [-0.05, 0) is 37.6 Å². The molecule has 0 aliphatic carbocycles. The lowest BCUT2D eigenvalue weighted by Gasteiger charge is -2.35. The molecule has 0 amide bonds. The first-order valence-electron chi connectivity index (χ1n) is 9.16. The topological polar surface area (TPSA) is 50.1 Å². The molecule has 0 unspecified atom stereocenters. The van der Waals surface area contributed by atoms with E-state index in [0.717, 1.165) is 60.8 Å². The van der Waals surface area contributed by atoms with Gasteiger partial charge < -0.3 is 4.90 Å². The van der Waals surface area contributed by atoms with Crippen molar-refractivity contribution >= 4 is 17.4 Å². The summed E-state index contributed by atoms with van der Waals surface area (Å²) in [6.07, 6.45) is 1.62. The molecule has 27 heavy (non-hydrogen) atoms. The second-order valence-electron chi connectivity index (χ2n) is 6.97. The summed E-state index contributed by atoms with van der Waals surface area (Å²) in [6, 6.07) is 12.2. The molecule has 1 aliphatic heterocycles. The van der Waals surface area contributed by atoms with Crippen molar-refractivity contribution in [2.75, 3.05) is 31.1 Å². The molecule has 3 heterocycles. The molecule has 0 spiro atoms. The standard InChI is InChI=1S/C20H23ClN6/c1-15-10-16(2)27(24-15)20-12-19(22-14-23-20)26-8-6-25(7-9-26)13-17-4-3-5-18(21)11-17/h3-5,10-12,14H,6-9,13H2,1-2H3. The Balaban J connectivity index is 1.42. The number of piperazine rings is 1. The van der Waals surface area contributed by atoms with Gasteiger partial charge in [0.25, 0.3) is 0 Å². The number of hydrogen-bond acceptors (Lipinski definition) is 5. The normalized spacial score (nSPS) is 15.3. The third kappa shape index (κ3) is 4.12. The molecule has 140 valence electrons. The van der Waals surface area contributed by atoms with Crippen LogP contribution in [-0.2, 0) is 6.54 Å². The number of benzene rings is 1. The van der Waals surface area contributed by atoms with Gasteiger partial charge in [-0.1, -0.05) is 23.7 Å². The van der Waals surface area contributed by atoms with Crippen molar-refractivity contribution in [1.82, 2.24) is 24.6 Å². The van der Waals surface area contributed by atoms with Crippen LogP contribution >= 0.6 is 11.6 Å². The van der Waals surface area contributed by atoms with Crippen LogP contribution < -0.4 is 4.90 Å². The van der Waals surface area contributed by atoms with E-state index in [1.807, 2.05) is 42.8 Å². The number of aromatic nitrogens is 4. The first-order chi connectivity index (χ1) is 13.1. The number of nitrogens with zero attached hydrogens (tertiary/aromatic N) is 6. The minimum atomic E-state index is 0.795. The van der Waals surface area contributed by atoms with Crippen molar-refractivity contribution in [3.63, 3.8) is 0 Å². The zero-order valence-corrected chi connectivity index (χ0v) is 16.4. The average molecular weight is 383 g/mol. The fourth-order valence-electron chi connectivity index (χ4n) is 3.52. The van der Waals surface area contributed by atoms with Crippen LogP contribution in [0, 0.1) is 13.8 Å². The van der Waals surface area contributed by atoms with E-state index in [0.29, 0.717) is 0 Å². The molecule has 0 saturated carbocycles. The van der Waals surface area contributed by atoms with Crippen molar-refractivity contribution in [1.29, 1.82) is 0 Å².